The van der Waals surface area contributed by atoms with Crippen LogP contribution in [0.3, 0.4) is 0 Å². The van der Waals surface area contributed by atoms with Gasteiger partial charge in [0.25, 0.3) is 0 Å². The number of rotatable bonds is 2. The summed E-state index contributed by atoms with van der Waals surface area (Å²) in [6.45, 7) is 0.708. The Labute approximate surface area is 106 Å². The van der Waals surface area contributed by atoms with E-state index in [0.717, 1.165) is 30.9 Å². The summed E-state index contributed by atoms with van der Waals surface area (Å²) in [5.74, 6) is 1.69. The van der Waals surface area contributed by atoms with Crippen molar-refractivity contribution in [3.63, 3.8) is 0 Å². The van der Waals surface area contributed by atoms with Crippen LogP contribution in [0.15, 0.2) is 0 Å². The molecule has 0 saturated carbocycles. The van der Waals surface area contributed by atoms with Crippen molar-refractivity contribution in [2.24, 2.45) is 0 Å². The molecule has 17 heavy (non-hydrogen) atoms. The molecule has 0 radical (unpaired) electrons. The van der Waals surface area contributed by atoms with E-state index in [1.807, 2.05) is 0 Å². The van der Waals surface area contributed by atoms with Gasteiger partial charge in [0.2, 0.25) is 11.8 Å². The second-order valence-corrected chi connectivity index (χ2v) is 5.46. The standard InChI is InChI=1S/C11H19N3O2S/c1-12-10(15)9-4-2-3-5-14(9)11(16)8-6-17-7-13-8/h8-9,13H,2-7H2,1H3,(H,12,15). The Hall–Kier alpha value is -0.750. The lowest BCUT2D eigenvalue weighted by molar-refractivity contribution is -0.143. The van der Waals surface area contributed by atoms with E-state index in [0.29, 0.717) is 6.54 Å². The Kier molecular flexibility index (Phi) is 4.28. The average molecular weight is 257 g/mol. The largest absolute Gasteiger partial charge is 0.357 e. The van der Waals surface area contributed by atoms with Gasteiger partial charge in [-0.05, 0) is 19.3 Å². The van der Waals surface area contributed by atoms with Gasteiger partial charge >= 0.3 is 0 Å². The molecule has 2 heterocycles. The summed E-state index contributed by atoms with van der Waals surface area (Å²) in [5.41, 5.74) is 0. The molecule has 0 aromatic carbocycles. The van der Waals surface area contributed by atoms with E-state index in [2.05, 4.69) is 10.6 Å². The molecule has 0 spiro atoms. The first-order valence-electron chi connectivity index (χ1n) is 6.07. The normalized spacial score (nSPS) is 29.1. The van der Waals surface area contributed by atoms with E-state index < -0.39 is 0 Å². The molecule has 2 N–H and O–H groups in total. The summed E-state index contributed by atoms with van der Waals surface area (Å²) in [7, 11) is 1.63. The van der Waals surface area contributed by atoms with Crippen LogP contribution in [-0.4, -0.2) is 54.0 Å². The third kappa shape index (κ3) is 2.74. The van der Waals surface area contributed by atoms with Crippen LogP contribution < -0.4 is 10.6 Å². The van der Waals surface area contributed by atoms with Crippen LogP contribution in [0, 0.1) is 0 Å². The van der Waals surface area contributed by atoms with E-state index in [1.54, 1.807) is 23.7 Å². The number of nitrogens with zero attached hydrogens (tertiary/aromatic N) is 1. The van der Waals surface area contributed by atoms with Gasteiger partial charge in [-0.2, -0.15) is 0 Å². The second-order valence-electron chi connectivity index (χ2n) is 4.43. The van der Waals surface area contributed by atoms with Gasteiger partial charge in [0.1, 0.15) is 6.04 Å². The molecule has 6 heteroatoms. The smallest absolute Gasteiger partial charge is 0.242 e. The maximum Gasteiger partial charge on any atom is 0.242 e. The Morgan fingerprint density at radius 1 is 1.41 bits per heavy atom. The highest BCUT2D eigenvalue weighted by Gasteiger charge is 2.35. The van der Waals surface area contributed by atoms with Crippen molar-refractivity contribution in [2.45, 2.75) is 31.3 Å². The molecule has 2 unspecified atom stereocenters. The van der Waals surface area contributed by atoms with Crippen LogP contribution in [0.1, 0.15) is 19.3 Å². The predicted molar refractivity (Wildman–Crippen MR) is 67.7 cm³/mol. The molecule has 2 aliphatic rings. The highest BCUT2D eigenvalue weighted by Crippen LogP contribution is 2.20. The topological polar surface area (TPSA) is 61.4 Å². The van der Waals surface area contributed by atoms with Crippen LogP contribution in [0.4, 0.5) is 0 Å². The zero-order valence-electron chi connectivity index (χ0n) is 10.1. The molecular weight excluding hydrogens is 238 g/mol. The quantitative estimate of drug-likeness (QED) is 0.718. The SMILES string of the molecule is CNC(=O)C1CCCCN1C(=O)C1CSCN1. The van der Waals surface area contributed by atoms with Crippen molar-refractivity contribution in [1.29, 1.82) is 0 Å². The molecule has 0 bridgehead atoms. The van der Waals surface area contributed by atoms with Crippen molar-refractivity contribution in [3.05, 3.63) is 0 Å². The summed E-state index contributed by atoms with van der Waals surface area (Å²) in [6, 6.07) is -0.376. The maximum atomic E-state index is 12.3. The third-order valence-corrected chi connectivity index (χ3v) is 4.29. The average Bonchev–Trinajstić information content (AvgIpc) is 2.91. The lowest BCUT2D eigenvalue weighted by Gasteiger charge is -2.35. The van der Waals surface area contributed by atoms with Gasteiger partial charge in [0.05, 0.1) is 6.04 Å². The van der Waals surface area contributed by atoms with Gasteiger partial charge < -0.3 is 10.2 Å². The monoisotopic (exact) mass is 257 g/mol. The minimum Gasteiger partial charge on any atom is -0.357 e. The fourth-order valence-electron chi connectivity index (χ4n) is 2.39. The highest BCUT2D eigenvalue weighted by molar-refractivity contribution is 7.99. The number of likely N-dealkylation sites (N-methyl/N-ethyl adjacent to an activating group) is 1. The molecule has 2 amide bonds. The number of carbonyl (C=O) groups is 2. The first kappa shape index (κ1) is 12.7. The number of carbonyl (C=O) groups excluding carboxylic acids is 2. The first-order valence-corrected chi connectivity index (χ1v) is 7.22. The summed E-state index contributed by atoms with van der Waals surface area (Å²) >= 11 is 1.73. The molecular formula is C11H19N3O2S. The number of amides is 2. The number of likely N-dealkylation sites (tertiary alicyclic amines) is 1. The van der Waals surface area contributed by atoms with Crippen molar-refractivity contribution < 1.29 is 9.59 Å². The van der Waals surface area contributed by atoms with Crippen molar-refractivity contribution in [2.75, 3.05) is 25.2 Å². The predicted octanol–water partition coefficient (Wildman–Crippen LogP) is -0.224. The molecule has 2 saturated heterocycles. The summed E-state index contributed by atoms with van der Waals surface area (Å²) in [6.07, 6.45) is 2.80. The van der Waals surface area contributed by atoms with Crippen LogP contribution in [0.25, 0.3) is 0 Å². The van der Waals surface area contributed by atoms with Gasteiger partial charge in [-0.3, -0.25) is 14.9 Å². The van der Waals surface area contributed by atoms with Gasteiger partial charge in [-0.15, -0.1) is 11.8 Å². The van der Waals surface area contributed by atoms with E-state index in [-0.39, 0.29) is 23.9 Å². The molecule has 2 aliphatic heterocycles. The fourth-order valence-corrected chi connectivity index (χ4v) is 3.32. The first-order chi connectivity index (χ1) is 8.24. The fraction of sp³-hybridized carbons (Fsp3) is 0.818. The molecule has 2 fully saturated rings. The number of nitrogens with one attached hydrogen (secondary N) is 2. The zero-order valence-corrected chi connectivity index (χ0v) is 10.9. The molecule has 2 rings (SSSR count). The van der Waals surface area contributed by atoms with E-state index >= 15 is 0 Å². The van der Waals surface area contributed by atoms with E-state index in [9.17, 15) is 9.59 Å². The number of hydrogen-bond acceptors (Lipinski definition) is 4. The van der Waals surface area contributed by atoms with Crippen LogP contribution in [0.2, 0.25) is 0 Å². The number of piperidine rings is 1. The van der Waals surface area contributed by atoms with Crippen LogP contribution in [0.5, 0.6) is 0 Å². The minimum absolute atomic E-state index is 0.0382. The lowest BCUT2D eigenvalue weighted by Crippen LogP contribution is -2.55. The van der Waals surface area contributed by atoms with Gasteiger partial charge in [0, 0.05) is 25.2 Å². The summed E-state index contributed by atoms with van der Waals surface area (Å²) in [5, 5.41) is 5.82. The Morgan fingerprint density at radius 3 is 2.88 bits per heavy atom. The van der Waals surface area contributed by atoms with Crippen LogP contribution >= 0.6 is 11.8 Å². The molecule has 2 atom stereocenters. The zero-order chi connectivity index (χ0) is 12.3. The second kappa shape index (κ2) is 5.73. The highest BCUT2D eigenvalue weighted by atomic mass is 32.2. The maximum absolute atomic E-state index is 12.3. The van der Waals surface area contributed by atoms with Crippen molar-refractivity contribution >= 4 is 23.6 Å². The number of thioether (sulfide) groups is 1. The number of hydrogen-bond donors (Lipinski definition) is 2. The molecule has 96 valence electrons. The van der Waals surface area contributed by atoms with Crippen LogP contribution in [-0.2, 0) is 9.59 Å². The Balaban J connectivity index is 2.04. The van der Waals surface area contributed by atoms with Crippen molar-refractivity contribution in [1.82, 2.24) is 15.5 Å². The Bertz CT molecular complexity index is 305. The summed E-state index contributed by atoms with van der Waals surface area (Å²) < 4.78 is 0. The molecule has 0 aromatic rings. The molecule has 5 nitrogen and oxygen atoms in total. The lowest BCUT2D eigenvalue weighted by atomic mass is 10.0. The van der Waals surface area contributed by atoms with E-state index in [4.69, 9.17) is 0 Å². The summed E-state index contributed by atoms with van der Waals surface area (Å²) in [4.78, 5) is 25.8. The molecule has 0 aliphatic carbocycles. The minimum atomic E-state index is -0.270. The van der Waals surface area contributed by atoms with Gasteiger partial charge in [-0.1, -0.05) is 0 Å². The Morgan fingerprint density at radius 2 is 2.24 bits per heavy atom. The van der Waals surface area contributed by atoms with Gasteiger partial charge in [-0.25, -0.2) is 0 Å². The van der Waals surface area contributed by atoms with E-state index in [1.165, 1.54) is 0 Å². The molecule has 0 aromatic heterocycles. The van der Waals surface area contributed by atoms with Crippen molar-refractivity contribution in [3.8, 4) is 0 Å². The third-order valence-electron chi connectivity index (χ3n) is 3.35. The van der Waals surface area contributed by atoms with Gasteiger partial charge in [0.15, 0.2) is 0 Å².